The van der Waals surface area contributed by atoms with Crippen LogP contribution in [0.3, 0.4) is 0 Å². The van der Waals surface area contributed by atoms with Crippen molar-refractivity contribution in [2.75, 3.05) is 18.5 Å². The summed E-state index contributed by atoms with van der Waals surface area (Å²) in [5.41, 5.74) is 5.18. The van der Waals surface area contributed by atoms with Crippen LogP contribution in [0.5, 0.6) is 0 Å². The van der Waals surface area contributed by atoms with Crippen LogP contribution in [0.1, 0.15) is 20.3 Å². The molecule has 2 heterocycles. The quantitative estimate of drug-likeness (QED) is 0.540. The van der Waals surface area contributed by atoms with Gasteiger partial charge in [-0.05, 0) is 43.7 Å². The van der Waals surface area contributed by atoms with Gasteiger partial charge in [-0.3, -0.25) is 8.79 Å². The van der Waals surface area contributed by atoms with E-state index in [0.717, 1.165) is 40.3 Å². The van der Waals surface area contributed by atoms with Gasteiger partial charge in [0, 0.05) is 24.0 Å². The molecule has 0 aliphatic carbocycles. The van der Waals surface area contributed by atoms with Crippen LogP contribution in [0.25, 0.3) is 28.1 Å². The van der Waals surface area contributed by atoms with E-state index in [9.17, 15) is 4.39 Å². The molecule has 5 heteroatoms. The molecule has 0 spiro atoms. The van der Waals surface area contributed by atoms with Crippen molar-refractivity contribution in [3.63, 3.8) is 0 Å². The van der Waals surface area contributed by atoms with Gasteiger partial charge < -0.3 is 5.32 Å². The van der Waals surface area contributed by atoms with Gasteiger partial charge in [0.1, 0.15) is 0 Å². The highest BCUT2D eigenvalue weighted by molar-refractivity contribution is 5.80. The molecule has 4 aromatic rings. The van der Waals surface area contributed by atoms with E-state index >= 15 is 0 Å². The lowest BCUT2D eigenvalue weighted by Gasteiger charge is -2.06. The molecule has 26 heavy (non-hydrogen) atoms. The third kappa shape index (κ3) is 3.82. The number of hydrogen-bond donors (Lipinski definition) is 1. The molecule has 2 aromatic carbocycles. The minimum atomic E-state index is -0.181. The second-order valence-electron chi connectivity index (χ2n) is 5.88. The Morgan fingerprint density at radius 3 is 2.58 bits per heavy atom. The highest BCUT2D eigenvalue weighted by Crippen LogP contribution is 2.23. The van der Waals surface area contributed by atoms with Crippen molar-refractivity contribution in [3.05, 3.63) is 60.8 Å². The minimum absolute atomic E-state index is 0.181. The zero-order valence-electron chi connectivity index (χ0n) is 15.1. The van der Waals surface area contributed by atoms with Crippen LogP contribution in [-0.4, -0.2) is 27.6 Å². The first-order valence-electron chi connectivity index (χ1n) is 8.91. The van der Waals surface area contributed by atoms with E-state index < -0.39 is 0 Å². The number of imidazole rings is 1. The number of nitrogens with zero attached hydrogens (tertiary/aromatic N) is 3. The number of nitrogens with one attached hydrogen (secondary N) is 1. The maximum absolute atomic E-state index is 10.7. The van der Waals surface area contributed by atoms with Crippen LogP contribution in [0.15, 0.2) is 60.8 Å². The van der Waals surface area contributed by atoms with Gasteiger partial charge in [-0.25, -0.2) is 9.97 Å². The molecule has 0 fully saturated rings. The summed E-state index contributed by atoms with van der Waals surface area (Å²) in [6.45, 7) is 4.62. The summed E-state index contributed by atoms with van der Waals surface area (Å²) in [6.07, 6.45) is 2.69. The third-order valence-corrected chi connectivity index (χ3v) is 3.91. The van der Waals surface area contributed by atoms with Crippen LogP contribution < -0.4 is 5.32 Å². The Labute approximate surface area is 152 Å². The Bertz CT molecular complexity index is 992. The zero-order valence-corrected chi connectivity index (χ0v) is 15.1. The largest absolute Gasteiger partial charge is 0.385 e. The molecule has 0 saturated heterocycles. The summed E-state index contributed by atoms with van der Waals surface area (Å²) in [4.78, 5) is 9.30. The summed E-state index contributed by atoms with van der Waals surface area (Å²) in [5, 5.41) is 3.33. The summed E-state index contributed by atoms with van der Waals surface area (Å²) in [5.74, 6) is 0.729. The maximum Gasteiger partial charge on any atom is 0.235 e. The maximum atomic E-state index is 10.7. The van der Waals surface area contributed by atoms with E-state index in [1.54, 1.807) is 6.92 Å². The Balaban J connectivity index is 0.000000447. The van der Waals surface area contributed by atoms with Crippen LogP contribution in [0.4, 0.5) is 10.1 Å². The molecule has 0 aliphatic rings. The van der Waals surface area contributed by atoms with Gasteiger partial charge in [0.25, 0.3) is 0 Å². The van der Waals surface area contributed by atoms with E-state index in [4.69, 9.17) is 4.98 Å². The summed E-state index contributed by atoms with van der Waals surface area (Å²) in [7, 11) is 0. The van der Waals surface area contributed by atoms with E-state index in [1.807, 2.05) is 40.9 Å². The third-order valence-electron chi connectivity index (χ3n) is 3.91. The average molecular weight is 350 g/mol. The Morgan fingerprint density at radius 2 is 1.81 bits per heavy atom. The zero-order chi connectivity index (χ0) is 18.4. The summed E-state index contributed by atoms with van der Waals surface area (Å²) in [6, 6.07) is 18.4. The lowest BCUT2D eigenvalue weighted by atomic mass is 10.1. The van der Waals surface area contributed by atoms with Crippen LogP contribution in [-0.2, 0) is 0 Å². The highest BCUT2D eigenvalue weighted by Gasteiger charge is 2.07. The van der Waals surface area contributed by atoms with Crippen molar-refractivity contribution < 1.29 is 4.39 Å². The number of alkyl halides is 1. The summed E-state index contributed by atoms with van der Waals surface area (Å²) < 4.78 is 12.7. The molecule has 134 valence electrons. The predicted molar refractivity (Wildman–Crippen MR) is 106 cm³/mol. The van der Waals surface area contributed by atoms with Crippen LogP contribution >= 0.6 is 0 Å². The fraction of sp³-hybridized carbons (Fsp3) is 0.238. The van der Waals surface area contributed by atoms with Crippen LogP contribution in [0.2, 0.25) is 0 Å². The number of benzene rings is 2. The fourth-order valence-corrected chi connectivity index (χ4v) is 2.70. The van der Waals surface area contributed by atoms with E-state index in [-0.39, 0.29) is 6.67 Å². The number of rotatable bonds is 4. The SMILES string of the molecule is CCCF.CCNc1cccc(-c2ccn3c(n2)nc2ccccc23)c1. The summed E-state index contributed by atoms with van der Waals surface area (Å²) >= 11 is 0. The smallest absolute Gasteiger partial charge is 0.235 e. The normalized spacial score (nSPS) is 10.6. The first-order chi connectivity index (χ1) is 12.8. The molecule has 4 rings (SSSR count). The molecule has 1 N–H and O–H groups in total. The molecular weight excluding hydrogens is 327 g/mol. The molecule has 0 bridgehead atoms. The van der Waals surface area contributed by atoms with Crippen molar-refractivity contribution in [1.82, 2.24) is 14.4 Å². The van der Waals surface area contributed by atoms with Crippen molar-refractivity contribution in [2.24, 2.45) is 0 Å². The number of para-hydroxylation sites is 2. The lowest BCUT2D eigenvalue weighted by Crippen LogP contribution is -1.96. The number of halogens is 1. The van der Waals surface area contributed by atoms with Gasteiger partial charge >= 0.3 is 0 Å². The van der Waals surface area contributed by atoms with Crippen molar-refractivity contribution in [1.29, 1.82) is 0 Å². The average Bonchev–Trinajstić information content (AvgIpc) is 3.06. The van der Waals surface area contributed by atoms with E-state index in [2.05, 4.69) is 41.5 Å². The van der Waals surface area contributed by atoms with Gasteiger partial charge in [-0.1, -0.05) is 31.2 Å². The Morgan fingerprint density at radius 1 is 1.00 bits per heavy atom. The number of aromatic nitrogens is 3. The van der Waals surface area contributed by atoms with Crippen molar-refractivity contribution >= 4 is 22.5 Å². The number of hydrogen-bond acceptors (Lipinski definition) is 3. The van der Waals surface area contributed by atoms with Crippen molar-refractivity contribution in [3.8, 4) is 11.3 Å². The fourth-order valence-electron chi connectivity index (χ4n) is 2.70. The van der Waals surface area contributed by atoms with Gasteiger partial charge in [-0.15, -0.1) is 0 Å². The second-order valence-corrected chi connectivity index (χ2v) is 5.88. The first kappa shape index (κ1) is 17.9. The Kier molecular flexibility index (Phi) is 5.79. The van der Waals surface area contributed by atoms with Crippen molar-refractivity contribution in [2.45, 2.75) is 20.3 Å². The second kappa shape index (κ2) is 8.43. The van der Waals surface area contributed by atoms with Gasteiger partial charge in [0.05, 0.1) is 23.4 Å². The monoisotopic (exact) mass is 350 g/mol. The van der Waals surface area contributed by atoms with E-state index in [1.165, 1.54) is 0 Å². The molecule has 0 atom stereocenters. The Hall–Kier alpha value is -2.95. The molecule has 0 saturated carbocycles. The topological polar surface area (TPSA) is 42.2 Å². The highest BCUT2D eigenvalue weighted by atomic mass is 19.1. The predicted octanol–water partition coefficient (Wildman–Crippen LogP) is 5.35. The molecule has 0 unspecified atom stereocenters. The first-order valence-corrected chi connectivity index (χ1v) is 8.91. The standard InChI is InChI=1S/C18H16N4.C3H7F/c1-2-19-14-7-5-6-13(12-14)15-10-11-22-17-9-4-3-8-16(17)21-18(22)20-15;1-2-3-4/h3-12,19H,2H2,1H3;2-3H2,1H3. The van der Waals surface area contributed by atoms with Gasteiger partial charge in [0.2, 0.25) is 5.78 Å². The number of anilines is 1. The van der Waals surface area contributed by atoms with Gasteiger partial charge in [-0.2, -0.15) is 0 Å². The minimum Gasteiger partial charge on any atom is -0.385 e. The molecular formula is C21H23FN4. The van der Waals surface area contributed by atoms with Crippen LogP contribution in [0, 0.1) is 0 Å². The molecule has 0 aliphatic heterocycles. The molecule has 2 aromatic heterocycles. The molecule has 0 radical (unpaired) electrons. The van der Waals surface area contributed by atoms with E-state index in [0.29, 0.717) is 6.42 Å². The lowest BCUT2D eigenvalue weighted by molar-refractivity contribution is 0.487. The van der Waals surface area contributed by atoms with Gasteiger partial charge in [0.15, 0.2) is 0 Å². The molecule has 0 amide bonds. The number of fused-ring (bicyclic) bond motifs is 3. The molecule has 4 nitrogen and oxygen atoms in total.